The molecule has 0 aliphatic carbocycles. The standard InChI is InChI=1S/C18H21NO2S/c1-2-15-14-6-10-22-18(14)5-7-19(15)12-13-3-4-16-17(11-13)21-9-8-20-16/h3-4,6,10-11,15H,2,5,7-9,12H2,1H3/t15-/m1/s1. The molecule has 0 fully saturated rings. The fourth-order valence-corrected chi connectivity index (χ4v) is 4.46. The van der Waals surface area contributed by atoms with E-state index in [1.54, 1.807) is 4.88 Å². The normalized spacial score (nSPS) is 20.7. The van der Waals surface area contributed by atoms with Gasteiger partial charge in [-0.3, -0.25) is 4.90 Å². The molecule has 2 aromatic rings. The Labute approximate surface area is 135 Å². The minimum atomic E-state index is 0.545. The Morgan fingerprint density at radius 3 is 2.91 bits per heavy atom. The highest BCUT2D eigenvalue weighted by Crippen LogP contribution is 2.37. The largest absolute Gasteiger partial charge is 0.486 e. The topological polar surface area (TPSA) is 21.7 Å². The maximum Gasteiger partial charge on any atom is 0.161 e. The first kappa shape index (κ1) is 14.1. The highest BCUT2D eigenvalue weighted by molar-refractivity contribution is 7.10. The summed E-state index contributed by atoms with van der Waals surface area (Å²) in [5.41, 5.74) is 2.85. The number of thiophene rings is 1. The van der Waals surface area contributed by atoms with Gasteiger partial charge in [0.15, 0.2) is 11.5 Å². The summed E-state index contributed by atoms with van der Waals surface area (Å²) in [6.07, 6.45) is 2.34. The first-order valence-corrected chi connectivity index (χ1v) is 8.92. The Balaban J connectivity index is 1.56. The molecule has 1 atom stereocenters. The summed E-state index contributed by atoms with van der Waals surface area (Å²) in [4.78, 5) is 4.17. The van der Waals surface area contributed by atoms with Gasteiger partial charge in [0.05, 0.1) is 0 Å². The second-order valence-corrected chi connectivity index (χ2v) is 6.92. The summed E-state index contributed by atoms with van der Waals surface area (Å²) in [7, 11) is 0. The third-order valence-corrected chi connectivity index (χ3v) is 5.58. The van der Waals surface area contributed by atoms with E-state index < -0.39 is 0 Å². The Bertz CT molecular complexity index is 667. The van der Waals surface area contributed by atoms with Crippen molar-refractivity contribution in [2.45, 2.75) is 32.4 Å². The van der Waals surface area contributed by atoms with Gasteiger partial charge in [-0.15, -0.1) is 11.3 Å². The van der Waals surface area contributed by atoms with Crippen LogP contribution in [0, 0.1) is 0 Å². The van der Waals surface area contributed by atoms with Gasteiger partial charge in [0.25, 0.3) is 0 Å². The number of hydrogen-bond acceptors (Lipinski definition) is 4. The fourth-order valence-electron chi connectivity index (χ4n) is 3.54. The van der Waals surface area contributed by atoms with Crippen molar-refractivity contribution in [3.05, 3.63) is 45.6 Å². The van der Waals surface area contributed by atoms with Crippen molar-refractivity contribution >= 4 is 11.3 Å². The molecule has 4 heteroatoms. The summed E-state index contributed by atoms with van der Waals surface area (Å²) in [5.74, 6) is 1.77. The van der Waals surface area contributed by atoms with Gasteiger partial charge in [-0.2, -0.15) is 0 Å². The molecule has 116 valence electrons. The van der Waals surface area contributed by atoms with E-state index in [9.17, 15) is 0 Å². The molecular formula is C18H21NO2S. The van der Waals surface area contributed by atoms with Gasteiger partial charge in [-0.05, 0) is 47.5 Å². The summed E-state index contributed by atoms with van der Waals surface area (Å²) < 4.78 is 11.3. The van der Waals surface area contributed by atoms with Crippen LogP contribution < -0.4 is 9.47 Å². The summed E-state index contributed by atoms with van der Waals surface area (Å²) in [6.45, 7) is 5.70. The number of rotatable bonds is 3. The van der Waals surface area contributed by atoms with Crippen LogP contribution in [0.2, 0.25) is 0 Å². The van der Waals surface area contributed by atoms with Crippen molar-refractivity contribution in [1.82, 2.24) is 4.90 Å². The van der Waals surface area contributed by atoms with E-state index >= 15 is 0 Å². The molecule has 4 rings (SSSR count). The molecule has 0 saturated heterocycles. The van der Waals surface area contributed by atoms with Gasteiger partial charge in [0, 0.05) is 24.0 Å². The lowest BCUT2D eigenvalue weighted by molar-refractivity contribution is 0.165. The molecule has 1 aromatic carbocycles. The third-order valence-electron chi connectivity index (χ3n) is 4.58. The molecular weight excluding hydrogens is 294 g/mol. The van der Waals surface area contributed by atoms with Gasteiger partial charge in [0.1, 0.15) is 13.2 Å². The number of hydrogen-bond donors (Lipinski definition) is 0. The zero-order valence-corrected chi connectivity index (χ0v) is 13.7. The molecule has 22 heavy (non-hydrogen) atoms. The van der Waals surface area contributed by atoms with Gasteiger partial charge in [0.2, 0.25) is 0 Å². The van der Waals surface area contributed by atoms with E-state index in [4.69, 9.17) is 9.47 Å². The zero-order valence-electron chi connectivity index (χ0n) is 12.9. The third kappa shape index (κ3) is 2.50. The lowest BCUT2D eigenvalue weighted by Gasteiger charge is -2.35. The summed E-state index contributed by atoms with van der Waals surface area (Å²) >= 11 is 1.91. The van der Waals surface area contributed by atoms with Crippen LogP contribution in [0.25, 0.3) is 0 Å². The van der Waals surface area contributed by atoms with Gasteiger partial charge in [-0.25, -0.2) is 0 Å². The van der Waals surface area contributed by atoms with Crippen molar-refractivity contribution in [2.24, 2.45) is 0 Å². The van der Waals surface area contributed by atoms with E-state index in [1.807, 2.05) is 17.4 Å². The number of ether oxygens (including phenoxy) is 2. The van der Waals surface area contributed by atoms with Crippen LogP contribution in [0.3, 0.4) is 0 Å². The van der Waals surface area contributed by atoms with Crippen LogP contribution in [0.15, 0.2) is 29.6 Å². The minimum absolute atomic E-state index is 0.545. The van der Waals surface area contributed by atoms with E-state index in [0.29, 0.717) is 19.3 Å². The minimum Gasteiger partial charge on any atom is -0.486 e. The van der Waals surface area contributed by atoms with Crippen molar-refractivity contribution in [3.8, 4) is 11.5 Å². The monoisotopic (exact) mass is 315 g/mol. The smallest absolute Gasteiger partial charge is 0.161 e. The Morgan fingerprint density at radius 2 is 2.05 bits per heavy atom. The second kappa shape index (κ2) is 5.94. The Hall–Kier alpha value is -1.52. The zero-order chi connectivity index (χ0) is 14.9. The maximum absolute atomic E-state index is 5.71. The van der Waals surface area contributed by atoms with Crippen molar-refractivity contribution in [2.75, 3.05) is 19.8 Å². The number of nitrogens with zero attached hydrogens (tertiary/aromatic N) is 1. The van der Waals surface area contributed by atoms with Gasteiger partial charge >= 0.3 is 0 Å². The second-order valence-electron chi connectivity index (χ2n) is 5.92. The van der Waals surface area contributed by atoms with Crippen LogP contribution in [-0.4, -0.2) is 24.7 Å². The lowest BCUT2D eigenvalue weighted by Crippen LogP contribution is -2.34. The molecule has 0 saturated carbocycles. The highest BCUT2D eigenvalue weighted by Gasteiger charge is 2.27. The molecule has 2 aliphatic heterocycles. The molecule has 0 spiro atoms. The number of fused-ring (bicyclic) bond motifs is 2. The van der Waals surface area contributed by atoms with E-state index in [2.05, 4.69) is 35.4 Å². The SMILES string of the molecule is CC[C@@H]1c2ccsc2CCN1Cc1ccc2c(c1)OCCO2. The molecule has 1 aromatic heterocycles. The van der Waals surface area contributed by atoms with Crippen molar-refractivity contribution in [1.29, 1.82) is 0 Å². The fraction of sp³-hybridized carbons (Fsp3) is 0.444. The molecule has 3 nitrogen and oxygen atoms in total. The molecule has 0 N–H and O–H groups in total. The van der Waals surface area contributed by atoms with Crippen molar-refractivity contribution in [3.63, 3.8) is 0 Å². The predicted molar refractivity (Wildman–Crippen MR) is 88.9 cm³/mol. The summed E-state index contributed by atoms with van der Waals surface area (Å²) in [6, 6.07) is 9.21. The van der Waals surface area contributed by atoms with E-state index in [1.165, 1.54) is 17.5 Å². The van der Waals surface area contributed by atoms with E-state index in [-0.39, 0.29) is 0 Å². The Kier molecular flexibility index (Phi) is 3.80. The van der Waals surface area contributed by atoms with Crippen LogP contribution >= 0.6 is 11.3 Å². The first-order chi connectivity index (χ1) is 10.8. The summed E-state index contributed by atoms with van der Waals surface area (Å²) in [5, 5.41) is 2.24. The van der Waals surface area contributed by atoms with Gasteiger partial charge < -0.3 is 9.47 Å². The van der Waals surface area contributed by atoms with Gasteiger partial charge in [-0.1, -0.05) is 13.0 Å². The lowest BCUT2D eigenvalue weighted by atomic mass is 9.97. The van der Waals surface area contributed by atoms with Crippen LogP contribution in [0.1, 0.15) is 35.4 Å². The maximum atomic E-state index is 5.71. The molecule has 2 aliphatic rings. The Morgan fingerprint density at radius 1 is 1.18 bits per heavy atom. The van der Waals surface area contributed by atoms with Crippen LogP contribution in [-0.2, 0) is 13.0 Å². The van der Waals surface area contributed by atoms with Crippen LogP contribution in [0.5, 0.6) is 11.5 Å². The average molecular weight is 315 g/mol. The van der Waals surface area contributed by atoms with Crippen LogP contribution in [0.4, 0.5) is 0 Å². The average Bonchev–Trinajstić information content (AvgIpc) is 3.03. The van der Waals surface area contributed by atoms with E-state index in [0.717, 1.165) is 31.0 Å². The molecule has 0 radical (unpaired) electrons. The molecule has 0 bridgehead atoms. The first-order valence-electron chi connectivity index (χ1n) is 8.04. The predicted octanol–water partition coefficient (Wildman–Crippen LogP) is 4.03. The number of benzene rings is 1. The quantitative estimate of drug-likeness (QED) is 0.853. The molecule has 0 amide bonds. The van der Waals surface area contributed by atoms with Crippen molar-refractivity contribution < 1.29 is 9.47 Å². The molecule has 3 heterocycles. The highest BCUT2D eigenvalue weighted by atomic mass is 32.1. The molecule has 0 unspecified atom stereocenters.